The highest BCUT2D eigenvalue weighted by Gasteiger charge is 2.29. The molecule has 2 amide bonds. The van der Waals surface area contributed by atoms with Crippen LogP contribution in [0.5, 0.6) is 0 Å². The largest absolute Gasteiger partial charge is 0.477 e. The number of likely N-dealkylation sites (tertiary alicyclic amines) is 1. The number of thiophene rings is 1. The Bertz CT molecular complexity index is 542. The van der Waals surface area contributed by atoms with Crippen LogP contribution in [0.3, 0.4) is 0 Å². The Hall–Kier alpha value is -2.09. The summed E-state index contributed by atoms with van der Waals surface area (Å²) in [7, 11) is 1.28. The summed E-state index contributed by atoms with van der Waals surface area (Å²) in [6.07, 6.45) is 0.131. The van der Waals surface area contributed by atoms with Crippen LogP contribution in [0.25, 0.3) is 0 Å². The first kappa shape index (κ1) is 14.3. The van der Waals surface area contributed by atoms with E-state index in [4.69, 9.17) is 5.11 Å². The first-order chi connectivity index (χ1) is 9.51. The van der Waals surface area contributed by atoms with E-state index < -0.39 is 12.1 Å². The maximum Gasteiger partial charge on any atom is 0.407 e. The molecule has 8 heteroatoms. The molecule has 1 aromatic heterocycles. The number of alkyl carbamates (subject to hydrolysis) is 1. The third-order valence-corrected chi connectivity index (χ3v) is 4.07. The fourth-order valence-corrected chi connectivity index (χ4v) is 2.82. The summed E-state index contributed by atoms with van der Waals surface area (Å²) in [5.41, 5.74) is 0. The molecule has 0 radical (unpaired) electrons. The Balaban J connectivity index is 1.96. The molecule has 0 aromatic carbocycles. The minimum atomic E-state index is -1.04. The zero-order valence-electron chi connectivity index (χ0n) is 10.8. The third kappa shape index (κ3) is 3.08. The fourth-order valence-electron chi connectivity index (χ4n) is 2.01. The average molecular weight is 298 g/mol. The van der Waals surface area contributed by atoms with Gasteiger partial charge in [0.1, 0.15) is 4.88 Å². The summed E-state index contributed by atoms with van der Waals surface area (Å²) < 4.78 is 4.51. The quantitative estimate of drug-likeness (QED) is 0.868. The number of nitrogens with zero attached hydrogens (tertiary/aromatic N) is 1. The lowest BCUT2D eigenvalue weighted by atomic mass is 10.3. The molecule has 0 saturated carbocycles. The van der Waals surface area contributed by atoms with Gasteiger partial charge in [-0.1, -0.05) is 0 Å². The normalized spacial score (nSPS) is 17.9. The summed E-state index contributed by atoms with van der Waals surface area (Å²) in [6, 6.07) is 2.79. The van der Waals surface area contributed by atoms with Gasteiger partial charge >= 0.3 is 12.1 Å². The summed E-state index contributed by atoms with van der Waals surface area (Å²) in [6.45, 7) is 0.919. The topological polar surface area (TPSA) is 95.9 Å². The smallest absolute Gasteiger partial charge is 0.407 e. The van der Waals surface area contributed by atoms with Crippen LogP contribution in [-0.2, 0) is 4.74 Å². The van der Waals surface area contributed by atoms with Gasteiger partial charge in [-0.2, -0.15) is 0 Å². The Morgan fingerprint density at radius 2 is 2.10 bits per heavy atom. The van der Waals surface area contributed by atoms with Crippen molar-refractivity contribution in [2.45, 2.75) is 12.5 Å². The van der Waals surface area contributed by atoms with Gasteiger partial charge in [0.25, 0.3) is 5.91 Å². The molecule has 2 rings (SSSR count). The lowest BCUT2D eigenvalue weighted by Gasteiger charge is -2.15. The van der Waals surface area contributed by atoms with E-state index >= 15 is 0 Å². The van der Waals surface area contributed by atoms with E-state index in [-0.39, 0.29) is 16.8 Å². The molecule has 20 heavy (non-hydrogen) atoms. The van der Waals surface area contributed by atoms with Gasteiger partial charge < -0.3 is 20.1 Å². The van der Waals surface area contributed by atoms with Crippen molar-refractivity contribution >= 4 is 29.3 Å². The van der Waals surface area contributed by atoms with Gasteiger partial charge in [0.05, 0.1) is 18.0 Å². The Kier molecular flexibility index (Phi) is 4.23. The van der Waals surface area contributed by atoms with E-state index in [9.17, 15) is 14.4 Å². The van der Waals surface area contributed by atoms with E-state index in [0.717, 1.165) is 11.3 Å². The molecule has 108 valence electrons. The predicted octanol–water partition coefficient (Wildman–Crippen LogP) is 1.02. The first-order valence-electron chi connectivity index (χ1n) is 5.98. The van der Waals surface area contributed by atoms with Gasteiger partial charge in [-0.05, 0) is 18.6 Å². The Morgan fingerprint density at radius 1 is 1.40 bits per heavy atom. The molecule has 1 aromatic rings. The molecular weight excluding hydrogens is 284 g/mol. The molecule has 7 nitrogen and oxygen atoms in total. The summed E-state index contributed by atoms with van der Waals surface area (Å²) in [5.74, 6) is -1.25. The average Bonchev–Trinajstić information content (AvgIpc) is 3.06. The second kappa shape index (κ2) is 5.91. The van der Waals surface area contributed by atoms with E-state index in [1.807, 2.05) is 0 Å². The standard InChI is InChI=1S/C12H14N2O5S/c1-19-12(18)13-7-4-5-14(6-7)10(15)8-2-3-9(20-8)11(16)17/h2-3,7H,4-6H2,1H3,(H,13,18)(H,16,17). The number of hydrogen-bond acceptors (Lipinski definition) is 5. The number of hydrogen-bond donors (Lipinski definition) is 2. The van der Waals surface area contributed by atoms with Crippen LogP contribution in [0.2, 0.25) is 0 Å². The highest BCUT2D eigenvalue weighted by Crippen LogP contribution is 2.21. The second-order valence-electron chi connectivity index (χ2n) is 4.34. The third-order valence-electron chi connectivity index (χ3n) is 3.01. The Morgan fingerprint density at radius 3 is 2.70 bits per heavy atom. The summed E-state index contributed by atoms with van der Waals surface area (Å²) in [5, 5.41) is 11.5. The van der Waals surface area contributed by atoms with Crippen molar-refractivity contribution in [1.82, 2.24) is 10.2 Å². The zero-order chi connectivity index (χ0) is 14.7. The van der Waals surface area contributed by atoms with E-state index in [2.05, 4.69) is 10.1 Å². The number of nitrogens with one attached hydrogen (secondary N) is 1. The number of carbonyl (C=O) groups excluding carboxylic acids is 2. The van der Waals surface area contributed by atoms with Crippen LogP contribution >= 0.6 is 11.3 Å². The van der Waals surface area contributed by atoms with E-state index in [1.165, 1.54) is 19.2 Å². The molecule has 1 aliphatic rings. The van der Waals surface area contributed by atoms with Crippen LogP contribution in [0.1, 0.15) is 25.8 Å². The van der Waals surface area contributed by atoms with Crippen molar-refractivity contribution in [3.8, 4) is 0 Å². The van der Waals surface area contributed by atoms with Crippen LogP contribution in [0, 0.1) is 0 Å². The molecule has 0 bridgehead atoms. The SMILES string of the molecule is COC(=O)NC1CCN(C(=O)c2ccc(C(=O)O)s2)C1. The molecule has 1 atom stereocenters. The molecule has 0 spiro atoms. The second-order valence-corrected chi connectivity index (χ2v) is 5.43. The van der Waals surface area contributed by atoms with Crippen LogP contribution in [-0.4, -0.2) is 54.2 Å². The van der Waals surface area contributed by atoms with E-state index in [0.29, 0.717) is 24.4 Å². The maximum absolute atomic E-state index is 12.2. The van der Waals surface area contributed by atoms with Crippen molar-refractivity contribution in [3.05, 3.63) is 21.9 Å². The van der Waals surface area contributed by atoms with Gasteiger partial charge in [-0.3, -0.25) is 4.79 Å². The molecule has 1 saturated heterocycles. The number of ether oxygens (including phenoxy) is 1. The molecule has 2 N–H and O–H groups in total. The first-order valence-corrected chi connectivity index (χ1v) is 6.80. The lowest BCUT2D eigenvalue weighted by molar-refractivity contribution is 0.0701. The molecule has 1 fully saturated rings. The van der Waals surface area contributed by atoms with E-state index in [1.54, 1.807) is 4.90 Å². The number of carboxylic acid groups (broad SMARTS) is 1. The highest BCUT2D eigenvalue weighted by atomic mass is 32.1. The number of aromatic carboxylic acids is 1. The van der Waals surface area contributed by atoms with Crippen molar-refractivity contribution < 1.29 is 24.2 Å². The van der Waals surface area contributed by atoms with Gasteiger partial charge in [0.15, 0.2) is 0 Å². The van der Waals surface area contributed by atoms with Crippen molar-refractivity contribution in [2.24, 2.45) is 0 Å². The molecule has 1 unspecified atom stereocenters. The van der Waals surface area contributed by atoms with Gasteiger partial charge in [-0.25, -0.2) is 9.59 Å². The van der Waals surface area contributed by atoms with Gasteiger partial charge in [-0.15, -0.1) is 11.3 Å². The Labute approximate surface area is 119 Å². The summed E-state index contributed by atoms with van der Waals surface area (Å²) >= 11 is 0.953. The van der Waals surface area contributed by atoms with Crippen LogP contribution in [0.4, 0.5) is 4.79 Å². The maximum atomic E-state index is 12.2. The zero-order valence-corrected chi connectivity index (χ0v) is 11.6. The molecule has 0 aliphatic carbocycles. The van der Waals surface area contributed by atoms with Crippen molar-refractivity contribution in [2.75, 3.05) is 20.2 Å². The number of methoxy groups -OCH3 is 1. The van der Waals surface area contributed by atoms with Gasteiger partial charge in [0, 0.05) is 13.1 Å². The predicted molar refractivity (Wildman–Crippen MR) is 71.1 cm³/mol. The van der Waals surface area contributed by atoms with Crippen molar-refractivity contribution in [3.63, 3.8) is 0 Å². The number of rotatable bonds is 3. The van der Waals surface area contributed by atoms with Crippen molar-refractivity contribution in [1.29, 1.82) is 0 Å². The molecule has 2 heterocycles. The number of amides is 2. The fraction of sp³-hybridized carbons (Fsp3) is 0.417. The number of carbonyl (C=O) groups is 3. The van der Waals surface area contributed by atoms with Gasteiger partial charge in [0.2, 0.25) is 0 Å². The minimum absolute atomic E-state index is 0.134. The molecule has 1 aliphatic heterocycles. The lowest BCUT2D eigenvalue weighted by Crippen LogP contribution is -2.38. The number of carboxylic acids is 1. The highest BCUT2D eigenvalue weighted by molar-refractivity contribution is 7.15. The minimum Gasteiger partial charge on any atom is -0.477 e. The monoisotopic (exact) mass is 298 g/mol. The van der Waals surface area contributed by atoms with Crippen LogP contribution in [0.15, 0.2) is 12.1 Å². The van der Waals surface area contributed by atoms with Crippen LogP contribution < -0.4 is 5.32 Å². The summed E-state index contributed by atoms with van der Waals surface area (Å²) in [4.78, 5) is 36.2. The molecular formula is C12H14N2O5S.